The number of aryl methyl sites for hydroxylation is 1. The molecule has 1 amide bonds. The molecule has 0 spiro atoms. The molecule has 2 rings (SSSR count). The first-order chi connectivity index (χ1) is 11.1. The first-order valence-corrected chi connectivity index (χ1v) is 7.85. The lowest BCUT2D eigenvalue weighted by Crippen LogP contribution is -2.33. The summed E-state index contributed by atoms with van der Waals surface area (Å²) in [5.74, 6) is 1.53. The molecule has 2 aromatic rings. The number of rotatable bonds is 7. The third-order valence-corrected chi connectivity index (χ3v) is 3.60. The number of carbonyl (C=O) groups is 1. The summed E-state index contributed by atoms with van der Waals surface area (Å²) < 4.78 is 5.97. The first-order valence-electron chi connectivity index (χ1n) is 7.85. The van der Waals surface area contributed by atoms with Crippen LogP contribution in [-0.2, 0) is 11.3 Å². The predicted molar refractivity (Wildman–Crippen MR) is 99.9 cm³/mol. The van der Waals surface area contributed by atoms with E-state index in [0.29, 0.717) is 13.1 Å². The maximum absolute atomic E-state index is 12.1. The highest BCUT2D eigenvalue weighted by molar-refractivity contribution is 5.85. The fourth-order valence-electron chi connectivity index (χ4n) is 2.27. The van der Waals surface area contributed by atoms with Gasteiger partial charge in [0.15, 0.2) is 0 Å². The molecule has 1 unspecified atom stereocenters. The van der Waals surface area contributed by atoms with Gasteiger partial charge in [-0.15, -0.1) is 12.4 Å². The predicted octanol–water partition coefficient (Wildman–Crippen LogP) is 3.68. The Morgan fingerprint density at radius 3 is 2.54 bits per heavy atom. The van der Waals surface area contributed by atoms with Gasteiger partial charge in [0.05, 0.1) is 0 Å². The monoisotopic (exact) mass is 348 g/mol. The SMILES string of the molecule is CNCC(C)C(=O)NCc1ccc(C)cc1Oc1ccccc1.Cl. The number of hydrogen-bond acceptors (Lipinski definition) is 3. The summed E-state index contributed by atoms with van der Waals surface area (Å²) in [5.41, 5.74) is 2.08. The minimum absolute atomic E-state index is 0. The number of hydrogen-bond donors (Lipinski definition) is 2. The van der Waals surface area contributed by atoms with E-state index in [-0.39, 0.29) is 24.2 Å². The highest BCUT2D eigenvalue weighted by Gasteiger charge is 2.13. The van der Waals surface area contributed by atoms with Gasteiger partial charge in [0, 0.05) is 24.6 Å². The minimum atomic E-state index is -0.0658. The van der Waals surface area contributed by atoms with Crippen molar-refractivity contribution in [3.63, 3.8) is 0 Å². The van der Waals surface area contributed by atoms with Crippen molar-refractivity contribution in [1.82, 2.24) is 10.6 Å². The molecule has 0 radical (unpaired) electrons. The van der Waals surface area contributed by atoms with Crippen LogP contribution in [0.25, 0.3) is 0 Å². The molecule has 130 valence electrons. The van der Waals surface area contributed by atoms with E-state index < -0.39 is 0 Å². The van der Waals surface area contributed by atoms with Crippen molar-refractivity contribution in [3.05, 3.63) is 59.7 Å². The molecule has 5 heteroatoms. The van der Waals surface area contributed by atoms with Crippen LogP contribution in [0.4, 0.5) is 0 Å². The van der Waals surface area contributed by atoms with Crippen molar-refractivity contribution in [3.8, 4) is 11.5 Å². The molecule has 1 atom stereocenters. The Morgan fingerprint density at radius 1 is 1.17 bits per heavy atom. The quantitative estimate of drug-likeness (QED) is 0.802. The second-order valence-electron chi connectivity index (χ2n) is 5.70. The first kappa shape index (κ1) is 20.0. The number of nitrogens with one attached hydrogen (secondary N) is 2. The fraction of sp³-hybridized carbons (Fsp3) is 0.316. The Labute approximate surface area is 150 Å². The Bertz CT molecular complexity index is 647. The van der Waals surface area contributed by atoms with Gasteiger partial charge in [0.25, 0.3) is 0 Å². The molecular weight excluding hydrogens is 324 g/mol. The molecule has 0 bridgehead atoms. The average Bonchev–Trinajstić information content (AvgIpc) is 2.55. The number of para-hydroxylation sites is 1. The summed E-state index contributed by atoms with van der Waals surface area (Å²) in [7, 11) is 1.84. The van der Waals surface area contributed by atoms with Gasteiger partial charge in [-0.3, -0.25) is 4.79 Å². The van der Waals surface area contributed by atoms with Crippen LogP contribution in [-0.4, -0.2) is 19.5 Å². The molecule has 0 aliphatic rings. The van der Waals surface area contributed by atoms with E-state index in [0.717, 1.165) is 22.6 Å². The lowest BCUT2D eigenvalue weighted by Gasteiger charge is -2.15. The number of halogens is 1. The van der Waals surface area contributed by atoms with Gasteiger partial charge in [-0.25, -0.2) is 0 Å². The molecule has 0 aliphatic carbocycles. The standard InChI is InChI=1S/C19H24N2O2.ClH/c1-14-9-10-16(13-21-19(22)15(2)12-20-3)18(11-14)23-17-7-5-4-6-8-17;/h4-11,15,20H,12-13H2,1-3H3,(H,21,22);1H. The molecule has 0 fully saturated rings. The maximum atomic E-state index is 12.1. The fourth-order valence-corrected chi connectivity index (χ4v) is 2.27. The van der Waals surface area contributed by atoms with Crippen LogP contribution in [0.2, 0.25) is 0 Å². The number of amides is 1. The van der Waals surface area contributed by atoms with Crippen molar-refractivity contribution < 1.29 is 9.53 Å². The largest absolute Gasteiger partial charge is 0.457 e. The van der Waals surface area contributed by atoms with Crippen LogP contribution in [0.3, 0.4) is 0 Å². The van der Waals surface area contributed by atoms with Crippen LogP contribution >= 0.6 is 12.4 Å². The van der Waals surface area contributed by atoms with E-state index in [1.165, 1.54) is 0 Å². The van der Waals surface area contributed by atoms with Crippen molar-refractivity contribution in [2.45, 2.75) is 20.4 Å². The molecule has 0 aromatic heterocycles. The van der Waals surface area contributed by atoms with Crippen LogP contribution in [0.5, 0.6) is 11.5 Å². The summed E-state index contributed by atoms with van der Waals surface area (Å²) in [6, 6.07) is 15.7. The summed E-state index contributed by atoms with van der Waals surface area (Å²) in [4.78, 5) is 12.1. The van der Waals surface area contributed by atoms with Gasteiger partial charge >= 0.3 is 0 Å². The highest BCUT2D eigenvalue weighted by Crippen LogP contribution is 2.26. The topological polar surface area (TPSA) is 50.4 Å². The van der Waals surface area contributed by atoms with E-state index in [4.69, 9.17) is 4.74 Å². The van der Waals surface area contributed by atoms with E-state index in [9.17, 15) is 4.79 Å². The summed E-state index contributed by atoms with van der Waals surface area (Å²) in [5, 5.41) is 5.98. The zero-order chi connectivity index (χ0) is 16.7. The van der Waals surface area contributed by atoms with Gasteiger partial charge in [-0.2, -0.15) is 0 Å². The van der Waals surface area contributed by atoms with E-state index >= 15 is 0 Å². The normalized spacial score (nSPS) is 11.3. The molecule has 0 saturated heterocycles. The van der Waals surface area contributed by atoms with Gasteiger partial charge < -0.3 is 15.4 Å². The van der Waals surface area contributed by atoms with Crippen LogP contribution in [0.1, 0.15) is 18.1 Å². The maximum Gasteiger partial charge on any atom is 0.224 e. The molecule has 0 heterocycles. The van der Waals surface area contributed by atoms with Crippen molar-refractivity contribution in [1.29, 1.82) is 0 Å². The highest BCUT2D eigenvalue weighted by atomic mass is 35.5. The average molecular weight is 349 g/mol. The summed E-state index contributed by atoms with van der Waals surface area (Å²) in [6.45, 7) is 5.04. The second kappa shape index (κ2) is 9.96. The molecule has 0 saturated carbocycles. The van der Waals surface area contributed by atoms with E-state index in [1.54, 1.807) is 0 Å². The van der Waals surface area contributed by atoms with Crippen LogP contribution in [0, 0.1) is 12.8 Å². The Balaban J connectivity index is 0.00000288. The zero-order valence-corrected chi connectivity index (χ0v) is 15.2. The van der Waals surface area contributed by atoms with Gasteiger partial charge in [0.2, 0.25) is 5.91 Å². The summed E-state index contributed by atoms with van der Waals surface area (Å²) in [6.07, 6.45) is 0. The lowest BCUT2D eigenvalue weighted by atomic mass is 10.1. The van der Waals surface area contributed by atoms with E-state index in [2.05, 4.69) is 10.6 Å². The van der Waals surface area contributed by atoms with Gasteiger partial charge in [-0.1, -0.05) is 37.3 Å². The lowest BCUT2D eigenvalue weighted by molar-refractivity contribution is -0.124. The minimum Gasteiger partial charge on any atom is -0.457 e. The smallest absolute Gasteiger partial charge is 0.224 e. The van der Waals surface area contributed by atoms with Gasteiger partial charge in [0.1, 0.15) is 11.5 Å². The Hall–Kier alpha value is -2.04. The number of ether oxygens (including phenoxy) is 1. The third-order valence-electron chi connectivity index (χ3n) is 3.60. The molecule has 2 N–H and O–H groups in total. The third kappa shape index (κ3) is 5.87. The number of benzene rings is 2. The second-order valence-corrected chi connectivity index (χ2v) is 5.70. The van der Waals surface area contributed by atoms with Crippen molar-refractivity contribution in [2.75, 3.05) is 13.6 Å². The van der Waals surface area contributed by atoms with Crippen molar-refractivity contribution >= 4 is 18.3 Å². The van der Waals surface area contributed by atoms with Crippen molar-refractivity contribution in [2.24, 2.45) is 5.92 Å². The summed E-state index contributed by atoms with van der Waals surface area (Å²) >= 11 is 0. The van der Waals surface area contributed by atoms with Crippen LogP contribution in [0.15, 0.2) is 48.5 Å². The van der Waals surface area contributed by atoms with E-state index in [1.807, 2.05) is 69.4 Å². The Morgan fingerprint density at radius 2 is 1.88 bits per heavy atom. The van der Waals surface area contributed by atoms with Crippen LogP contribution < -0.4 is 15.4 Å². The molecule has 4 nitrogen and oxygen atoms in total. The zero-order valence-electron chi connectivity index (χ0n) is 14.3. The Kier molecular flexibility index (Phi) is 8.30. The van der Waals surface area contributed by atoms with Gasteiger partial charge in [-0.05, 0) is 37.7 Å². The molecule has 24 heavy (non-hydrogen) atoms. The number of carbonyl (C=O) groups excluding carboxylic acids is 1. The molecule has 2 aromatic carbocycles. The molecule has 0 aliphatic heterocycles. The molecular formula is C19H25ClN2O2.